The van der Waals surface area contributed by atoms with Crippen molar-refractivity contribution in [1.82, 2.24) is 9.88 Å². The Morgan fingerprint density at radius 3 is 2.23 bits per heavy atom. The number of anilines is 1. The maximum Gasteiger partial charge on any atom is 0.341 e. The number of carboxylic acids is 1. The Morgan fingerprint density at radius 2 is 1.73 bits per heavy atom. The first-order valence-electron chi connectivity index (χ1n) is 8.67. The van der Waals surface area contributed by atoms with Gasteiger partial charge in [-0.15, -0.1) is 0 Å². The number of nitrogens with one attached hydrogen (secondary N) is 1. The molecule has 1 aromatic carbocycles. The third kappa shape index (κ3) is 4.52. The lowest BCUT2D eigenvalue weighted by Gasteiger charge is -2.22. The van der Waals surface area contributed by atoms with E-state index in [-0.39, 0.29) is 11.5 Å². The SMILES string of the molecule is CC(C)c1cc(C(=O)O)c(=O)[nH]c1-c1ccc(N(C)CCN(C)C)cc1. The van der Waals surface area contributed by atoms with Crippen LogP contribution < -0.4 is 10.5 Å². The van der Waals surface area contributed by atoms with Crippen LogP contribution in [0.5, 0.6) is 0 Å². The van der Waals surface area contributed by atoms with Crippen molar-refractivity contribution < 1.29 is 9.90 Å². The van der Waals surface area contributed by atoms with E-state index in [1.807, 2.05) is 59.3 Å². The van der Waals surface area contributed by atoms with Crippen LogP contribution in [0.3, 0.4) is 0 Å². The minimum Gasteiger partial charge on any atom is -0.477 e. The highest BCUT2D eigenvalue weighted by atomic mass is 16.4. The number of hydrogen-bond donors (Lipinski definition) is 2. The standard InChI is InChI=1S/C20H27N3O3/c1-13(2)16-12-17(20(25)26)19(24)21-18(16)14-6-8-15(9-7-14)23(5)11-10-22(3)4/h6-9,12-13H,10-11H2,1-5H3,(H,21,24)(H,25,26). The van der Waals surface area contributed by atoms with E-state index in [9.17, 15) is 14.7 Å². The summed E-state index contributed by atoms with van der Waals surface area (Å²) < 4.78 is 0. The number of H-pyrrole nitrogens is 1. The molecule has 140 valence electrons. The van der Waals surface area contributed by atoms with Crippen LogP contribution in [0.2, 0.25) is 0 Å². The molecule has 0 aliphatic heterocycles. The van der Waals surface area contributed by atoms with E-state index in [2.05, 4.69) is 14.8 Å². The Bertz CT molecular complexity index is 823. The van der Waals surface area contributed by atoms with Gasteiger partial charge in [0.25, 0.3) is 5.56 Å². The van der Waals surface area contributed by atoms with Gasteiger partial charge in [0.15, 0.2) is 0 Å². The number of aromatic carboxylic acids is 1. The molecule has 0 fully saturated rings. The maximum atomic E-state index is 12.1. The molecule has 0 aliphatic carbocycles. The molecule has 6 nitrogen and oxygen atoms in total. The van der Waals surface area contributed by atoms with Gasteiger partial charge in [0.05, 0.1) is 5.69 Å². The van der Waals surface area contributed by atoms with E-state index in [0.29, 0.717) is 5.69 Å². The lowest BCUT2D eigenvalue weighted by Crippen LogP contribution is -2.28. The molecule has 2 aromatic rings. The summed E-state index contributed by atoms with van der Waals surface area (Å²) in [5, 5.41) is 9.19. The second kappa shape index (κ2) is 8.19. The zero-order chi connectivity index (χ0) is 19.4. The second-order valence-corrected chi connectivity index (χ2v) is 7.07. The monoisotopic (exact) mass is 357 g/mol. The number of benzene rings is 1. The van der Waals surface area contributed by atoms with E-state index < -0.39 is 11.5 Å². The predicted molar refractivity (Wildman–Crippen MR) is 105 cm³/mol. The summed E-state index contributed by atoms with van der Waals surface area (Å²) in [5.41, 5.74) is 2.65. The zero-order valence-electron chi connectivity index (χ0n) is 16.0. The van der Waals surface area contributed by atoms with Gasteiger partial charge in [-0.3, -0.25) is 4.79 Å². The molecule has 0 aliphatic rings. The molecule has 0 saturated heterocycles. The summed E-state index contributed by atoms with van der Waals surface area (Å²) in [7, 11) is 6.13. The quantitative estimate of drug-likeness (QED) is 0.797. The molecular formula is C20H27N3O3. The zero-order valence-corrected chi connectivity index (χ0v) is 16.0. The highest BCUT2D eigenvalue weighted by Crippen LogP contribution is 2.28. The van der Waals surface area contributed by atoms with Gasteiger partial charge < -0.3 is 19.9 Å². The van der Waals surface area contributed by atoms with Crippen molar-refractivity contribution in [3.8, 4) is 11.3 Å². The van der Waals surface area contributed by atoms with E-state index in [1.165, 1.54) is 6.07 Å². The van der Waals surface area contributed by atoms with E-state index in [0.717, 1.165) is 29.9 Å². The van der Waals surface area contributed by atoms with Crippen molar-refractivity contribution in [3.05, 3.63) is 51.8 Å². The van der Waals surface area contributed by atoms with Crippen LogP contribution in [0.25, 0.3) is 11.3 Å². The molecule has 0 atom stereocenters. The lowest BCUT2D eigenvalue weighted by molar-refractivity contribution is 0.0695. The largest absolute Gasteiger partial charge is 0.477 e. The summed E-state index contributed by atoms with van der Waals surface area (Å²) in [6.07, 6.45) is 0. The topological polar surface area (TPSA) is 76.6 Å². The summed E-state index contributed by atoms with van der Waals surface area (Å²) in [6.45, 7) is 5.83. The number of carboxylic acid groups (broad SMARTS) is 1. The van der Waals surface area contributed by atoms with E-state index >= 15 is 0 Å². The smallest absolute Gasteiger partial charge is 0.341 e. The molecule has 0 unspecified atom stereocenters. The fourth-order valence-corrected chi connectivity index (χ4v) is 2.76. The summed E-state index contributed by atoms with van der Waals surface area (Å²) in [4.78, 5) is 30.4. The molecule has 0 amide bonds. The molecule has 2 N–H and O–H groups in total. The summed E-state index contributed by atoms with van der Waals surface area (Å²) >= 11 is 0. The van der Waals surface area contributed by atoms with Crippen molar-refractivity contribution in [2.24, 2.45) is 0 Å². The average molecular weight is 357 g/mol. The molecule has 0 bridgehead atoms. The van der Waals surface area contributed by atoms with Gasteiger partial charge >= 0.3 is 5.97 Å². The van der Waals surface area contributed by atoms with Gasteiger partial charge in [0.1, 0.15) is 5.56 Å². The number of nitrogens with zero attached hydrogens (tertiary/aromatic N) is 2. The van der Waals surface area contributed by atoms with Crippen LogP contribution in [0, 0.1) is 0 Å². The Morgan fingerprint density at radius 1 is 1.12 bits per heavy atom. The van der Waals surface area contributed by atoms with E-state index in [1.54, 1.807) is 0 Å². The number of aromatic nitrogens is 1. The fourth-order valence-electron chi connectivity index (χ4n) is 2.76. The third-order valence-electron chi connectivity index (χ3n) is 4.40. The first-order valence-corrected chi connectivity index (χ1v) is 8.67. The van der Waals surface area contributed by atoms with Crippen molar-refractivity contribution in [2.45, 2.75) is 19.8 Å². The van der Waals surface area contributed by atoms with Crippen molar-refractivity contribution in [3.63, 3.8) is 0 Å². The molecular weight excluding hydrogens is 330 g/mol. The minimum atomic E-state index is -1.21. The number of aromatic amines is 1. The van der Waals surface area contributed by atoms with Crippen LogP contribution in [0.15, 0.2) is 35.1 Å². The summed E-state index contributed by atoms with van der Waals surface area (Å²) in [5.74, 6) is -1.13. The highest BCUT2D eigenvalue weighted by molar-refractivity contribution is 5.88. The Kier molecular flexibility index (Phi) is 6.21. The molecule has 0 spiro atoms. The van der Waals surface area contributed by atoms with Gasteiger partial charge in [-0.05, 0) is 49.3 Å². The van der Waals surface area contributed by atoms with Gasteiger partial charge in [0, 0.05) is 25.8 Å². The Balaban J connectivity index is 2.38. The second-order valence-electron chi connectivity index (χ2n) is 7.07. The highest BCUT2D eigenvalue weighted by Gasteiger charge is 2.17. The fraction of sp³-hybridized carbons (Fsp3) is 0.400. The maximum absolute atomic E-state index is 12.1. The number of pyridine rings is 1. The number of likely N-dealkylation sites (N-methyl/N-ethyl adjacent to an activating group) is 2. The molecule has 0 saturated carbocycles. The molecule has 26 heavy (non-hydrogen) atoms. The predicted octanol–water partition coefficient (Wildman–Crippen LogP) is 2.86. The van der Waals surface area contributed by atoms with Crippen LogP contribution >= 0.6 is 0 Å². The first kappa shape index (κ1) is 19.7. The third-order valence-corrected chi connectivity index (χ3v) is 4.40. The molecule has 1 aromatic heterocycles. The molecule has 6 heteroatoms. The molecule has 2 rings (SSSR count). The number of hydrogen-bond acceptors (Lipinski definition) is 4. The van der Waals surface area contributed by atoms with Crippen LogP contribution in [-0.2, 0) is 0 Å². The normalized spacial score (nSPS) is 11.2. The van der Waals surface area contributed by atoms with Crippen LogP contribution in [0.1, 0.15) is 35.7 Å². The van der Waals surface area contributed by atoms with Gasteiger partial charge in [-0.1, -0.05) is 26.0 Å². The Hall–Kier alpha value is -2.60. The molecule has 1 heterocycles. The van der Waals surface area contributed by atoms with Gasteiger partial charge in [-0.25, -0.2) is 4.79 Å². The number of rotatable bonds is 7. The summed E-state index contributed by atoms with van der Waals surface area (Å²) in [6, 6.07) is 9.42. The first-order chi connectivity index (χ1) is 12.2. The van der Waals surface area contributed by atoms with Crippen molar-refractivity contribution in [1.29, 1.82) is 0 Å². The average Bonchev–Trinajstić information content (AvgIpc) is 2.58. The number of carbonyl (C=O) groups is 1. The molecule has 0 radical (unpaired) electrons. The van der Waals surface area contributed by atoms with E-state index in [4.69, 9.17) is 0 Å². The van der Waals surface area contributed by atoms with Crippen molar-refractivity contribution in [2.75, 3.05) is 39.1 Å². The van der Waals surface area contributed by atoms with Crippen LogP contribution in [-0.4, -0.2) is 55.2 Å². The van der Waals surface area contributed by atoms with Gasteiger partial charge in [-0.2, -0.15) is 0 Å². The minimum absolute atomic E-state index is 0.0855. The van der Waals surface area contributed by atoms with Crippen molar-refractivity contribution >= 4 is 11.7 Å². The Labute approximate surface area is 154 Å². The van der Waals surface area contributed by atoms with Gasteiger partial charge in [0.2, 0.25) is 0 Å². The lowest BCUT2D eigenvalue weighted by atomic mass is 9.95. The van der Waals surface area contributed by atoms with Crippen LogP contribution in [0.4, 0.5) is 5.69 Å².